The number of ether oxygens (including phenoxy) is 1. The Bertz CT molecular complexity index is 1980. The summed E-state index contributed by atoms with van der Waals surface area (Å²) < 4.78 is 8.31. The van der Waals surface area contributed by atoms with Gasteiger partial charge >= 0.3 is 6.09 Å². The number of piperidine rings is 1. The quantitative estimate of drug-likeness (QED) is 0.140. The van der Waals surface area contributed by atoms with Crippen LogP contribution in [0.15, 0.2) is 71.3 Å². The summed E-state index contributed by atoms with van der Waals surface area (Å²) in [6, 6.07) is 9.72. The lowest BCUT2D eigenvalue weighted by atomic mass is 9.97. The van der Waals surface area contributed by atoms with E-state index in [1.165, 1.54) is 30.7 Å². The second kappa shape index (κ2) is 14.9. The third-order valence-electron chi connectivity index (χ3n) is 9.17. The minimum Gasteiger partial charge on any atom is -0.453 e. The van der Waals surface area contributed by atoms with Gasteiger partial charge in [-0.2, -0.15) is 5.10 Å². The Labute approximate surface area is 298 Å². The first kappa shape index (κ1) is 34.9. The van der Waals surface area contributed by atoms with Crippen LogP contribution in [0.4, 0.5) is 16.2 Å². The molecule has 5 N–H and O–H groups in total. The Kier molecular flexibility index (Phi) is 10.4. The van der Waals surface area contributed by atoms with Crippen molar-refractivity contribution in [2.24, 2.45) is 17.5 Å². The van der Waals surface area contributed by atoms with E-state index in [1.54, 1.807) is 33.9 Å². The molecule has 1 saturated heterocycles. The molecule has 0 spiro atoms. The fourth-order valence-corrected chi connectivity index (χ4v) is 6.75. The van der Waals surface area contributed by atoms with Gasteiger partial charge in [0.1, 0.15) is 10.9 Å². The van der Waals surface area contributed by atoms with Crippen molar-refractivity contribution in [3.05, 3.63) is 87.5 Å². The number of hydrazine groups is 1. The number of carbonyl (C=O) groups is 2. The van der Waals surface area contributed by atoms with Crippen molar-refractivity contribution in [2.45, 2.75) is 51.1 Å². The number of benzene rings is 1. The van der Waals surface area contributed by atoms with E-state index in [-0.39, 0.29) is 34.7 Å². The Balaban J connectivity index is 1.36. The third-order valence-corrected chi connectivity index (χ3v) is 9.50. The van der Waals surface area contributed by atoms with Crippen LogP contribution in [-0.2, 0) is 9.53 Å². The zero-order valence-electron chi connectivity index (χ0n) is 27.6. The molecule has 1 fully saturated rings. The molecule has 2 aliphatic rings. The first-order chi connectivity index (χ1) is 24.0. The molecule has 2 amide bonds. The van der Waals surface area contributed by atoms with E-state index in [4.69, 9.17) is 49.6 Å². The molecular weight excluding hydrogens is 683 g/mol. The van der Waals surface area contributed by atoms with Crippen LogP contribution < -0.4 is 27.5 Å². The molecule has 4 aromatic rings. The van der Waals surface area contributed by atoms with E-state index < -0.39 is 6.04 Å². The number of hydrogen-bond donors (Lipinski definition) is 3. The summed E-state index contributed by atoms with van der Waals surface area (Å²) in [5.74, 6) is 5.77. The van der Waals surface area contributed by atoms with Crippen LogP contribution in [-0.4, -0.2) is 61.4 Å². The molecule has 2 atom stereocenters. The van der Waals surface area contributed by atoms with Gasteiger partial charge in [0.25, 0.3) is 5.56 Å². The van der Waals surface area contributed by atoms with Gasteiger partial charge in [-0.3, -0.25) is 28.8 Å². The second-order valence-electron chi connectivity index (χ2n) is 12.5. The first-order valence-corrected chi connectivity index (χ1v) is 17.0. The second-order valence-corrected chi connectivity index (χ2v) is 13.3. The number of nitrogens with two attached hydrogens (primary N) is 2. The summed E-state index contributed by atoms with van der Waals surface area (Å²) in [7, 11) is 1.38. The number of pyridine rings is 1. The van der Waals surface area contributed by atoms with Crippen molar-refractivity contribution in [3.63, 3.8) is 0 Å². The van der Waals surface area contributed by atoms with Gasteiger partial charge in [-0.15, -0.1) is 0 Å². The van der Waals surface area contributed by atoms with E-state index in [1.807, 2.05) is 29.9 Å². The van der Waals surface area contributed by atoms with Crippen molar-refractivity contribution >= 4 is 46.6 Å². The van der Waals surface area contributed by atoms with Crippen LogP contribution in [0.2, 0.25) is 5.02 Å². The highest BCUT2D eigenvalue weighted by atomic mass is 35.5. The summed E-state index contributed by atoms with van der Waals surface area (Å²) >= 11 is 12.2. The number of hydrogen-bond acceptors (Lipinski definition) is 10. The minimum absolute atomic E-state index is 0.0272. The smallest absolute Gasteiger partial charge is 0.409 e. The number of anilines is 2. The van der Waals surface area contributed by atoms with E-state index in [9.17, 15) is 14.4 Å². The molecule has 3 aromatic heterocycles. The number of nitrogens with one attached hydrogen (secondary N) is 1. The molecule has 2 unspecified atom stereocenters. The average molecular weight is 722 g/mol. The summed E-state index contributed by atoms with van der Waals surface area (Å²) in [5, 5.41) is 9.69. The van der Waals surface area contributed by atoms with Crippen molar-refractivity contribution < 1.29 is 14.3 Å². The predicted molar refractivity (Wildman–Crippen MR) is 191 cm³/mol. The molecule has 0 radical (unpaired) electrons. The van der Waals surface area contributed by atoms with Crippen LogP contribution in [0.1, 0.15) is 56.8 Å². The van der Waals surface area contributed by atoms with Gasteiger partial charge in [-0.1, -0.05) is 36.5 Å². The number of halogens is 2. The SMILES string of the molecule is COC(=O)N1CCC(n2cc3c(n2)-c2ccnc(c2)C(n2cnc(-c4cc(Cl)ccc4N(N)/C=C(\N)Cl)cc2=O)CCCC(C)C(=O)N3)CC1. The van der Waals surface area contributed by atoms with Crippen LogP contribution in [0.3, 0.4) is 0 Å². The number of amides is 2. The molecule has 2 bridgehead atoms. The summed E-state index contributed by atoms with van der Waals surface area (Å²) in [4.78, 5) is 50.3. The maximum atomic E-state index is 13.9. The lowest BCUT2D eigenvalue weighted by Crippen LogP contribution is -2.39. The van der Waals surface area contributed by atoms with Crippen LogP contribution in [0, 0.1) is 5.92 Å². The Morgan fingerprint density at radius 1 is 1.10 bits per heavy atom. The zero-order chi connectivity index (χ0) is 35.5. The Hall–Kier alpha value is -4.92. The average Bonchev–Trinajstić information content (AvgIpc) is 3.53. The molecule has 1 aromatic carbocycles. The van der Waals surface area contributed by atoms with Crippen molar-refractivity contribution in [1.82, 2.24) is 29.2 Å². The summed E-state index contributed by atoms with van der Waals surface area (Å²) in [6.45, 7) is 2.96. The molecule has 262 valence electrons. The summed E-state index contributed by atoms with van der Waals surface area (Å²) in [5.41, 5.74) is 9.24. The number of rotatable bonds is 5. The number of fused-ring (bicyclic) bond motifs is 4. The number of aromatic nitrogens is 5. The normalized spacial score (nSPS) is 18.8. The molecule has 6 rings (SSSR count). The maximum absolute atomic E-state index is 13.9. The van der Waals surface area contributed by atoms with Gasteiger partial charge < -0.3 is 20.7 Å². The van der Waals surface area contributed by atoms with E-state index in [0.717, 1.165) is 5.56 Å². The first-order valence-electron chi connectivity index (χ1n) is 16.3. The molecule has 0 saturated carbocycles. The number of likely N-dealkylation sites (tertiary alicyclic amines) is 1. The highest BCUT2D eigenvalue weighted by molar-refractivity contribution is 6.31. The zero-order valence-corrected chi connectivity index (χ0v) is 29.1. The predicted octanol–water partition coefficient (Wildman–Crippen LogP) is 5.25. The molecule has 2 aliphatic heterocycles. The number of methoxy groups -OCH3 is 1. The van der Waals surface area contributed by atoms with E-state index in [2.05, 4.69) is 10.3 Å². The van der Waals surface area contributed by atoms with Gasteiger partial charge in [-0.25, -0.2) is 15.6 Å². The topological polar surface area (TPSA) is 180 Å². The van der Waals surface area contributed by atoms with Gasteiger partial charge in [0, 0.05) is 53.6 Å². The monoisotopic (exact) mass is 720 g/mol. The van der Waals surface area contributed by atoms with E-state index >= 15 is 0 Å². The van der Waals surface area contributed by atoms with Crippen LogP contribution in [0.25, 0.3) is 22.5 Å². The Morgan fingerprint density at radius 2 is 1.88 bits per heavy atom. The van der Waals surface area contributed by atoms with Crippen LogP contribution >= 0.6 is 23.2 Å². The number of nitrogens with zero attached hydrogens (tertiary/aromatic N) is 7. The largest absolute Gasteiger partial charge is 0.453 e. The van der Waals surface area contributed by atoms with Crippen molar-refractivity contribution in [2.75, 3.05) is 30.5 Å². The minimum atomic E-state index is -0.476. The molecule has 14 nitrogen and oxygen atoms in total. The molecule has 50 heavy (non-hydrogen) atoms. The van der Waals surface area contributed by atoms with Gasteiger partial charge in [0.05, 0.1) is 54.5 Å². The molecule has 16 heteroatoms. The van der Waals surface area contributed by atoms with Crippen molar-refractivity contribution in [3.8, 4) is 22.5 Å². The van der Waals surface area contributed by atoms with Gasteiger partial charge in [-0.05, 0) is 56.0 Å². The van der Waals surface area contributed by atoms with Gasteiger partial charge in [0.15, 0.2) is 0 Å². The lowest BCUT2D eigenvalue weighted by Gasteiger charge is -2.30. The van der Waals surface area contributed by atoms with Crippen molar-refractivity contribution in [1.29, 1.82) is 0 Å². The summed E-state index contributed by atoms with van der Waals surface area (Å²) in [6.07, 6.45) is 9.18. The molecule has 5 heterocycles. The number of carbonyl (C=O) groups excluding carboxylic acids is 2. The highest BCUT2D eigenvalue weighted by Gasteiger charge is 2.28. The van der Waals surface area contributed by atoms with Crippen LogP contribution in [0.5, 0.6) is 0 Å². The molecule has 0 aliphatic carbocycles. The highest BCUT2D eigenvalue weighted by Crippen LogP contribution is 2.35. The fourth-order valence-electron chi connectivity index (χ4n) is 6.47. The van der Waals surface area contributed by atoms with E-state index in [0.29, 0.717) is 84.2 Å². The molecular formula is C34H38Cl2N10O4. The standard InChI is InChI=1S/C34H38Cl2N10O4/c1-20-4-3-5-29(44-19-40-25(16-31(44)47)24-15-22(35)6-7-28(24)45(38)18-30(36)37)26-14-21(8-11-39-26)32-27(41-33(20)48)17-46(42-32)23-9-12-43(13-10-23)34(49)50-2/h6-8,11,14-20,23,29H,3-5,9-10,12-13,37-38H2,1-2H3,(H,41,48)/b30-18-. The maximum Gasteiger partial charge on any atom is 0.409 e. The Morgan fingerprint density at radius 3 is 2.60 bits per heavy atom. The lowest BCUT2D eigenvalue weighted by molar-refractivity contribution is -0.119. The van der Waals surface area contributed by atoms with Gasteiger partial charge in [0.2, 0.25) is 5.91 Å². The third kappa shape index (κ3) is 7.47. The fraction of sp³-hybridized carbons (Fsp3) is 0.353.